The topological polar surface area (TPSA) is 111 Å². The van der Waals surface area contributed by atoms with E-state index in [2.05, 4.69) is 23.8 Å². The Bertz CT molecular complexity index is 2270. The first kappa shape index (κ1) is 36.7. The highest BCUT2D eigenvalue weighted by Gasteiger charge is 2.20. The van der Waals surface area contributed by atoms with E-state index in [-0.39, 0.29) is 54.5 Å². The average molecular weight is 762 g/mol. The van der Waals surface area contributed by atoms with Gasteiger partial charge in [0.1, 0.15) is 22.9 Å². The molecule has 264 valence electrons. The first-order valence-electron chi connectivity index (χ1n) is 16.0. The molecule has 2 amide bonds. The van der Waals surface area contributed by atoms with Gasteiger partial charge in [0.25, 0.3) is 11.8 Å². The van der Waals surface area contributed by atoms with E-state index in [1.165, 1.54) is 48.5 Å². The number of hydrogen-bond donors (Lipinski definition) is 2. The molecule has 0 saturated carbocycles. The Labute approximate surface area is 316 Å². The van der Waals surface area contributed by atoms with Crippen molar-refractivity contribution in [2.45, 2.75) is 9.79 Å². The van der Waals surface area contributed by atoms with E-state index in [9.17, 15) is 18.0 Å². The number of amides is 2. The van der Waals surface area contributed by atoms with Gasteiger partial charge in [0.15, 0.2) is 11.5 Å². The molecule has 0 unspecified atom stereocenters. The lowest BCUT2D eigenvalue weighted by Gasteiger charge is -2.15. The average Bonchev–Trinajstić information content (AvgIpc) is 3.18. The van der Waals surface area contributed by atoms with E-state index < -0.39 is 9.84 Å². The number of benzene rings is 6. The lowest BCUT2D eigenvalue weighted by molar-refractivity contribution is 0.101. The first-order valence-corrected chi connectivity index (χ1v) is 18.3. The van der Waals surface area contributed by atoms with Crippen molar-refractivity contribution in [1.29, 1.82) is 0 Å². The smallest absolute Gasteiger partial charge is 0.255 e. The summed E-state index contributed by atoms with van der Waals surface area (Å²) in [4.78, 5) is 26.0. The number of halogens is 2. The maximum absolute atomic E-state index is 13.5. The molecule has 0 spiro atoms. The van der Waals surface area contributed by atoms with Crippen LogP contribution in [0.4, 0.5) is 11.4 Å². The summed E-state index contributed by atoms with van der Waals surface area (Å²) in [7, 11) is -3.93. The summed E-state index contributed by atoms with van der Waals surface area (Å²) in [5.74, 6) is 0.399. The predicted octanol–water partition coefficient (Wildman–Crippen LogP) is 11.2. The fraction of sp³-hybridized carbons (Fsp3) is 0. The van der Waals surface area contributed by atoms with Crippen molar-refractivity contribution in [3.05, 3.63) is 179 Å². The number of carbonyl (C=O) groups is 2. The van der Waals surface area contributed by atoms with Crippen LogP contribution in [0.5, 0.6) is 23.0 Å². The van der Waals surface area contributed by atoms with Crippen molar-refractivity contribution in [2.24, 2.45) is 0 Å². The second-order valence-electron chi connectivity index (χ2n) is 11.4. The standard InChI is InChI=1S/C42H30Cl2N2O6S/c1-3-27-11-15-29(16-12-27)41(47)45-39-35(43)7-5-9-37(39)51-31-19-23-33(24-20-31)53(49,50)34-25-21-32(22-26-34)52-38-10-6-8-36(44)40(38)46-42(48)30-17-13-28(4-2)14-18-30/h3-26H,1-2H2,(H,45,47)(H,46,48). The number of rotatable bonds is 12. The third-order valence-electron chi connectivity index (χ3n) is 7.97. The van der Waals surface area contributed by atoms with Crippen molar-refractivity contribution < 1.29 is 27.5 Å². The molecule has 0 aliphatic rings. The Morgan fingerprint density at radius 2 is 0.887 bits per heavy atom. The fourth-order valence-electron chi connectivity index (χ4n) is 5.10. The van der Waals surface area contributed by atoms with Gasteiger partial charge in [-0.3, -0.25) is 9.59 Å². The van der Waals surface area contributed by atoms with Crippen LogP contribution < -0.4 is 20.1 Å². The molecule has 0 atom stereocenters. The second-order valence-corrected chi connectivity index (χ2v) is 14.2. The molecule has 0 heterocycles. The van der Waals surface area contributed by atoms with E-state index in [1.54, 1.807) is 97.1 Å². The summed E-state index contributed by atoms with van der Waals surface area (Å²) in [5, 5.41) is 6.12. The Balaban J connectivity index is 1.14. The Kier molecular flexibility index (Phi) is 11.1. The molecule has 11 heteroatoms. The summed E-state index contributed by atoms with van der Waals surface area (Å²) < 4.78 is 39.1. The van der Waals surface area contributed by atoms with Gasteiger partial charge in [-0.15, -0.1) is 0 Å². The number of ether oxygens (including phenoxy) is 2. The van der Waals surface area contributed by atoms with Gasteiger partial charge in [-0.05, 0) is 108 Å². The number of nitrogens with one attached hydrogen (secondary N) is 2. The molecule has 0 bridgehead atoms. The van der Waals surface area contributed by atoms with Crippen molar-refractivity contribution in [2.75, 3.05) is 10.6 Å². The minimum absolute atomic E-state index is 0.0297. The van der Waals surface area contributed by atoms with Gasteiger partial charge >= 0.3 is 0 Å². The lowest BCUT2D eigenvalue weighted by atomic mass is 10.1. The maximum atomic E-state index is 13.5. The monoisotopic (exact) mass is 760 g/mol. The van der Waals surface area contributed by atoms with Crippen LogP contribution in [0.1, 0.15) is 31.8 Å². The molecule has 0 fully saturated rings. The van der Waals surface area contributed by atoms with Crippen LogP contribution in [-0.2, 0) is 9.84 Å². The van der Waals surface area contributed by atoms with Crippen molar-refractivity contribution in [3.8, 4) is 23.0 Å². The van der Waals surface area contributed by atoms with E-state index in [1.807, 2.05) is 0 Å². The molecule has 53 heavy (non-hydrogen) atoms. The van der Waals surface area contributed by atoms with Crippen molar-refractivity contribution in [3.63, 3.8) is 0 Å². The van der Waals surface area contributed by atoms with E-state index >= 15 is 0 Å². The summed E-state index contributed by atoms with van der Waals surface area (Å²) in [6.07, 6.45) is 3.36. The Morgan fingerprint density at radius 1 is 0.528 bits per heavy atom. The molecular weight excluding hydrogens is 731 g/mol. The summed E-state index contributed by atoms with van der Waals surface area (Å²) >= 11 is 12.9. The number of para-hydroxylation sites is 2. The molecule has 0 aliphatic heterocycles. The van der Waals surface area contributed by atoms with E-state index in [0.29, 0.717) is 22.6 Å². The van der Waals surface area contributed by atoms with Crippen LogP contribution in [0.25, 0.3) is 12.2 Å². The zero-order valence-corrected chi connectivity index (χ0v) is 30.2. The second kappa shape index (κ2) is 16.0. The largest absolute Gasteiger partial charge is 0.455 e. The maximum Gasteiger partial charge on any atom is 0.255 e. The van der Waals surface area contributed by atoms with Gasteiger partial charge < -0.3 is 20.1 Å². The molecule has 0 aliphatic carbocycles. The highest BCUT2D eigenvalue weighted by atomic mass is 35.5. The molecule has 6 rings (SSSR count). The number of carbonyl (C=O) groups excluding carboxylic acids is 2. The zero-order chi connectivity index (χ0) is 37.5. The highest BCUT2D eigenvalue weighted by Crippen LogP contribution is 2.38. The molecule has 6 aromatic rings. The third kappa shape index (κ3) is 8.51. The van der Waals surface area contributed by atoms with Gasteiger partial charge in [-0.1, -0.05) is 84.9 Å². The first-order chi connectivity index (χ1) is 25.5. The van der Waals surface area contributed by atoms with Gasteiger partial charge in [0.05, 0.1) is 19.8 Å². The predicted molar refractivity (Wildman–Crippen MR) is 210 cm³/mol. The van der Waals surface area contributed by atoms with E-state index in [4.69, 9.17) is 32.7 Å². The third-order valence-corrected chi connectivity index (χ3v) is 10.4. The Morgan fingerprint density at radius 3 is 1.23 bits per heavy atom. The number of anilines is 2. The molecule has 0 aromatic heterocycles. The molecule has 0 radical (unpaired) electrons. The molecule has 2 N–H and O–H groups in total. The fourth-order valence-corrected chi connectivity index (χ4v) is 6.78. The van der Waals surface area contributed by atoms with Crippen LogP contribution in [0, 0.1) is 0 Å². The quantitative estimate of drug-likeness (QED) is 0.128. The SMILES string of the molecule is C=Cc1ccc(C(=O)Nc2c(Cl)cccc2Oc2ccc(S(=O)(=O)c3ccc(Oc4cccc(Cl)c4NC(=O)c4ccc(C=C)cc4)cc3)cc2)cc1. The van der Waals surface area contributed by atoms with Gasteiger partial charge in [-0.25, -0.2) is 8.42 Å². The van der Waals surface area contributed by atoms with Crippen LogP contribution in [0.2, 0.25) is 10.0 Å². The van der Waals surface area contributed by atoms with Crippen LogP contribution in [0.15, 0.2) is 156 Å². The van der Waals surface area contributed by atoms with Gasteiger partial charge in [-0.2, -0.15) is 0 Å². The van der Waals surface area contributed by atoms with Crippen LogP contribution >= 0.6 is 23.2 Å². The van der Waals surface area contributed by atoms with Crippen LogP contribution in [0.3, 0.4) is 0 Å². The molecular formula is C42H30Cl2N2O6S. The zero-order valence-electron chi connectivity index (χ0n) is 27.9. The number of sulfone groups is 1. The number of hydrogen-bond acceptors (Lipinski definition) is 6. The summed E-state index contributed by atoms with van der Waals surface area (Å²) in [6, 6.07) is 35.4. The van der Waals surface area contributed by atoms with Gasteiger partial charge in [0, 0.05) is 11.1 Å². The normalized spacial score (nSPS) is 10.9. The molecule has 0 saturated heterocycles. The van der Waals surface area contributed by atoms with E-state index in [0.717, 1.165) is 11.1 Å². The molecule has 6 aromatic carbocycles. The van der Waals surface area contributed by atoms with Crippen molar-refractivity contribution >= 4 is 68.4 Å². The minimum atomic E-state index is -3.93. The Hall–Kier alpha value is -6.13. The van der Waals surface area contributed by atoms with Crippen LogP contribution in [-0.4, -0.2) is 20.2 Å². The summed E-state index contributed by atoms with van der Waals surface area (Å²) in [5.41, 5.74) is 3.10. The molecule has 8 nitrogen and oxygen atoms in total. The lowest BCUT2D eigenvalue weighted by Crippen LogP contribution is -2.13. The minimum Gasteiger partial charge on any atom is -0.455 e. The highest BCUT2D eigenvalue weighted by molar-refractivity contribution is 7.91. The van der Waals surface area contributed by atoms with Gasteiger partial charge in [0.2, 0.25) is 9.84 Å². The van der Waals surface area contributed by atoms with Crippen molar-refractivity contribution in [1.82, 2.24) is 0 Å². The summed E-state index contributed by atoms with van der Waals surface area (Å²) in [6.45, 7) is 7.44.